The number of amides is 3. The summed E-state index contributed by atoms with van der Waals surface area (Å²) < 4.78 is 0. The highest BCUT2D eigenvalue weighted by atomic mass is 16.3. The number of anilines is 2. The number of hydrogen-bond donors (Lipinski definition) is 5. The molecule has 2 aliphatic rings. The van der Waals surface area contributed by atoms with Crippen molar-refractivity contribution in [2.75, 3.05) is 10.2 Å². The van der Waals surface area contributed by atoms with Crippen molar-refractivity contribution in [1.29, 1.82) is 0 Å². The van der Waals surface area contributed by atoms with E-state index in [1.165, 1.54) is 37.3 Å². The van der Waals surface area contributed by atoms with Crippen molar-refractivity contribution in [2.45, 2.75) is 82.6 Å². The molecule has 10 nitrogen and oxygen atoms in total. The minimum Gasteiger partial charge on any atom is -0.508 e. The number of hydrogen-bond acceptors (Lipinski definition) is 8. The van der Waals surface area contributed by atoms with Gasteiger partial charge in [-0.25, -0.2) is 4.90 Å². The summed E-state index contributed by atoms with van der Waals surface area (Å²) in [6, 6.07) is 31.9. The zero-order valence-corrected chi connectivity index (χ0v) is 46.3. The number of aryl methyl sites for hydroxylation is 3. The number of allylic oxidation sites excluding steroid dienone is 2. The van der Waals surface area contributed by atoms with Crippen molar-refractivity contribution < 1.29 is 39.6 Å². The highest BCUT2D eigenvalue weighted by molar-refractivity contribution is 6.44. The molecule has 10 heteroatoms. The number of carbonyl (C=O) groups excluding carboxylic acids is 4. The molecule has 0 aromatic heterocycles. The molecule has 0 unspecified atom stereocenters. The Morgan fingerprint density at radius 1 is 0.582 bits per heavy atom. The number of nitrogens with zero attached hydrogens (tertiary/aromatic N) is 1. The van der Waals surface area contributed by atoms with Crippen molar-refractivity contribution in [3.63, 3.8) is 0 Å². The zero-order valence-electron chi connectivity index (χ0n) is 46.3. The second-order valence-electron chi connectivity index (χ2n) is 20.6. The van der Waals surface area contributed by atoms with Gasteiger partial charge in [-0.15, -0.1) is 0 Å². The van der Waals surface area contributed by atoms with E-state index in [-0.39, 0.29) is 45.7 Å². The fraction of sp³-hybridized carbons (Fsp3) is 0.188. The van der Waals surface area contributed by atoms with Crippen molar-refractivity contribution in [3.05, 3.63) is 171 Å². The molecule has 1 heterocycles. The lowest BCUT2D eigenvalue weighted by molar-refractivity contribution is -0.112. The maximum Gasteiger partial charge on any atom is 0.265 e. The van der Waals surface area contributed by atoms with Crippen LogP contribution < -0.4 is 15.4 Å². The van der Waals surface area contributed by atoms with Crippen molar-refractivity contribution in [3.8, 4) is 34.1 Å². The van der Waals surface area contributed by atoms with Crippen LogP contribution >= 0.6 is 0 Å². The maximum atomic E-state index is 14.7. The Labute approximate surface area is 458 Å². The van der Waals surface area contributed by atoms with Gasteiger partial charge in [0, 0.05) is 80.7 Å². The molecule has 0 saturated heterocycles. The highest BCUT2D eigenvalue weighted by Crippen LogP contribution is 2.49. The number of ketones is 1. The maximum absolute atomic E-state index is 14.7. The lowest BCUT2D eigenvalue weighted by atomic mass is 9.80. The molecule has 0 fully saturated rings. The Morgan fingerprint density at radius 2 is 1.15 bits per heavy atom. The van der Waals surface area contributed by atoms with Crippen LogP contribution in [-0.4, -0.2) is 43.9 Å². The molecular weight excluding hydrogens is 985 g/mol. The Hall–Kier alpha value is -9.28. The average molecular weight is 1050 g/mol. The molecule has 0 saturated carbocycles. The SMILES string of the molecule is C/C=C/c1c2ccc(-c3ccc(C(C)=O)c4c(C(=O)Nc5cc(O)cc(O)c5)ccc(CC)c34)c3c(C)ccc(c4ccc5c6c7c8c(ccc7c(C)c5c14)C(=O)N(c1cc(O)cc(O)c1)C(=O)C8=CC(C)(C)C=6)c23.CC.CC. The van der Waals surface area contributed by atoms with Gasteiger partial charge in [0.25, 0.3) is 17.7 Å². The van der Waals surface area contributed by atoms with E-state index < -0.39 is 23.1 Å². The van der Waals surface area contributed by atoms with E-state index in [4.69, 9.17) is 0 Å². The number of Topliss-reactive ketones (excluding diaryl/α,β-unsaturated/α-hetero) is 1. The summed E-state index contributed by atoms with van der Waals surface area (Å²) in [7, 11) is 0. The molecule has 79 heavy (non-hydrogen) atoms. The first-order valence-electron chi connectivity index (χ1n) is 27.0. The first-order valence-corrected chi connectivity index (χ1v) is 27.0. The molecular formula is C69H62N2O8. The number of benzene rings is 10. The summed E-state index contributed by atoms with van der Waals surface area (Å²) in [6.07, 6.45) is 8.97. The fourth-order valence-corrected chi connectivity index (χ4v) is 12.3. The van der Waals surface area contributed by atoms with Crippen LogP contribution in [0.3, 0.4) is 0 Å². The number of rotatable bonds is 7. The summed E-state index contributed by atoms with van der Waals surface area (Å²) >= 11 is 0. The van der Waals surface area contributed by atoms with Gasteiger partial charge < -0.3 is 25.7 Å². The Balaban J connectivity index is 0.00000172. The highest BCUT2D eigenvalue weighted by Gasteiger charge is 2.40. The first kappa shape index (κ1) is 53.1. The molecule has 10 aromatic carbocycles. The molecule has 10 aromatic rings. The topological polar surface area (TPSA) is 164 Å². The van der Waals surface area contributed by atoms with Crippen LogP contribution in [0.4, 0.5) is 11.4 Å². The fourth-order valence-electron chi connectivity index (χ4n) is 12.3. The predicted octanol–water partition coefficient (Wildman–Crippen LogP) is 15.9. The smallest absolute Gasteiger partial charge is 0.265 e. The molecule has 1 aliphatic carbocycles. The largest absolute Gasteiger partial charge is 0.508 e. The van der Waals surface area contributed by atoms with Gasteiger partial charge >= 0.3 is 0 Å². The number of aromatic hydroxyl groups is 4. The molecule has 0 bridgehead atoms. The standard InChI is InChI=1S/C65H50N2O8.2C2H6/c1-8-10-43-47-19-18-44(45-17-16-42(33(5)68)58-50(14-12-34(9-2)56(45)58)62(73)66-35-23-37(69)27-38(70)24-35)54-31(3)11-13-46(59(47)54)48-20-21-49-52-29-65(6,7)30-53-61-51(22-15-41(57(52)61)32(4)55(49)60(43)48)63(74)67(64(53)75)36-25-39(71)28-40(72)26-36;2*1-2/h8,10-30,69-72H,9H2,1-7H3,(H,66,73);2*1-2H3/b10-8+;;. The van der Waals surface area contributed by atoms with E-state index >= 15 is 0 Å². The van der Waals surface area contributed by atoms with E-state index in [0.717, 1.165) is 109 Å². The number of phenols is 4. The second kappa shape index (κ2) is 19.9. The molecule has 1 aliphatic heterocycles. The van der Waals surface area contributed by atoms with E-state index in [0.29, 0.717) is 34.1 Å². The van der Waals surface area contributed by atoms with Gasteiger partial charge in [0.1, 0.15) is 23.0 Å². The summed E-state index contributed by atoms with van der Waals surface area (Å²) in [6.45, 7) is 21.9. The van der Waals surface area contributed by atoms with Gasteiger partial charge in [-0.05, 0) is 144 Å². The van der Waals surface area contributed by atoms with Crippen LogP contribution in [0.15, 0.2) is 121 Å². The summed E-state index contributed by atoms with van der Waals surface area (Å²) in [5, 5.41) is 56.4. The molecule has 3 amide bonds. The molecule has 0 spiro atoms. The Kier molecular flexibility index (Phi) is 13.4. The zero-order chi connectivity index (χ0) is 56.7. The van der Waals surface area contributed by atoms with Gasteiger partial charge in [0.15, 0.2) is 5.78 Å². The summed E-state index contributed by atoms with van der Waals surface area (Å²) in [5.41, 5.74) is 7.39. The van der Waals surface area contributed by atoms with Crippen LogP contribution in [-0.2, 0) is 11.2 Å². The van der Waals surface area contributed by atoms with Crippen molar-refractivity contribution in [1.82, 2.24) is 0 Å². The van der Waals surface area contributed by atoms with Gasteiger partial charge in [-0.2, -0.15) is 0 Å². The summed E-state index contributed by atoms with van der Waals surface area (Å²) in [4.78, 5) is 58.2. The van der Waals surface area contributed by atoms with E-state index in [2.05, 4.69) is 80.7 Å². The number of fused-ring (bicyclic) bond motifs is 6. The van der Waals surface area contributed by atoms with Gasteiger partial charge in [-0.3, -0.25) is 19.2 Å². The van der Waals surface area contributed by atoms with Crippen LogP contribution in [0.1, 0.15) is 121 Å². The number of carbonyl (C=O) groups is 4. The number of phenolic OH excluding ortho intramolecular Hbond substituents is 4. The van der Waals surface area contributed by atoms with E-state index in [1.54, 1.807) is 18.2 Å². The third-order valence-corrected chi connectivity index (χ3v) is 15.3. The Bertz CT molecular complexity index is 4420. The third kappa shape index (κ3) is 8.32. The first-order chi connectivity index (χ1) is 37.9. The van der Waals surface area contributed by atoms with Crippen molar-refractivity contribution >= 4 is 117 Å². The van der Waals surface area contributed by atoms with Gasteiger partial charge in [0.05, 0.1) is 5.69 Å². The summed E-state index contributed by atoms with van der Waals surface area (Å²) in [5.74, 6) is -2.76. The van der Waals surface area contributed by atoms with Crippen LogP contribution in [0, 0.1) is 19.3 Å². The van der Waals surface area contributed by atoms with Gasteiger partial charge in [-0.1, -0.05) is 133 Å². The van der Waals surface area contributed by atoms with E-state index in [9.17, 15) is 39.6 Å². The monoisotopic (exact) mass is 1050 g/mol. The predicted molar refractivity (Wildman–Crippen MR) is 324 cm³/mol. The number of nitrogens with one attached hydrogen (secondary N) is 1. The molecule has 396 valence electrons. The average Bonchev–Trinajstić information content (AvgIpc) is 2.80. The number of imide groups is 1. The Morgan fingerprint density at radius 3 is 1.81 bits per heavy atom. The molecule has 12 rings (SSSR count). The van der Waals surface area contributed by atoms with Crippen LogP contribution in [0.25, 0.3) is 93.5 Å². The van der Waals surface area contributed by atoms with Gasteiger partial charge in [0.2, 0.25) is 0 Å². The van der Waals surface area contributed by atoms with Crippen LogP contribution in [0.2, 0.25) is 0 Å². The minimum atomic E-state index is -0.674. The lowest BCUT2D eigenvalue weighted by Crippen LogP contribution is -2.42. The molecule has 5 N–H and O–H groups in total. The van der Waals surface area contributed by atoms with E-state index in [1.807, 2.05) is 72.7 Å². The molecule has 0 atom stereocenters. The van der Waals surface area contributed by atoms with Crippen LogP contribution in [0.5, 0.6) is 23.0 Å². The lowest BCUT2D eigenvalue weighted by Gasteiger charge is -2.30. The normalized spacial score (nSPS) is 13.6. The minimum absolute atomic E-state index is 0.0697. The second-order valence-corrected chi connectivity index (χ2v) is 20.6. The molecule has 0 radical (unpaired) electrons. The third-order valence-electron chi connectivity index (χ3n) is 15.3. The quantitative estimate of drug-likeness (QED) is 0.0456. The van der Waals surface area contributed by atoms with Crippen molar-refractivity contribution in [2.24, 2.45) is 5.41 Å².